The van der Waals surface area contributed by atoms with E-state index in [1.54, 1.807) is 40.4 Å². The molecule has 0 aliphatic carbocycles. The molecule has 0 spiro atoms. The molecule has 1 amide bonds. The first kappa shape index (κ1) is 17.0. The number of nitrogens with zero attached hydrogens (tertiary/aromatic N) is 3. The maximum Gasteiger partial charge on any atom is 0.228 e. The Labute approximate surface area is 140 Å². The lowest BCUT2D eigenvalue weighted by Gasteiger charge is -2.18. The second kappa shape index (κ2) is 7.79. The quantitative estimate of drug-likeness (QED) is 0.762. The molecule has 2 aromatic rings. The molecule has 0 radical (unpaired) electrons. The van der Waals surface area contributed by atoms with Crippen LogP contribution in [0, 0.1) is 0 Å². The molecule has 2 rings (SSSR count). The molecule has 22 heavy (non-hydrogen) atoms. The summed E-state index contributed by atoms with van der Waals surface area (Å²) in [4.78, 5) is 23.0. The van der Waals surface area contributed by atoms with E-state index in [0.717, 1.165) is 28.4 Å². The highest BCUT2D eigenvalue weighted by molar-refractivity contribution is 7.99. The van der Waals surface area contributed by atoms with Crippen molar-refractivity contribution < 1.29 is 4.79 Å². The Balaban J connectivity index is 2.27. The van der Waals surface area contributed by atoms with Crippen molar-refractivity contribution in [3.05, 3.63) is 24.5 Å². The predicted molar refractivity (Wildman–Crippen MR) is 99.0 cm³/mol. The third kappa shape index (κ3) is 3.90. The second-order valence-corrected chi connectivity index (χ2v) is 7.32. The molecule has 0 aliphatic heterocycles. The van der Waals surface area contributed by atoms with Gasteiger partial charge in [-0.1, -0.05) is 25.1 Å². The molecule has 0 N–H and O–H groups in total. The molecular formula is C15H20BN3OS2. The average Bonchev–Trinajstić information content (AvgIpc) is 2.99. The normalized spacial score (nSPS) is 12.0. The summed E-state index contributed by atoms with van der Waals surface area (Å²) in [5.41, 5.74) is 1.96. The van der Waals surface area contributed by atoms with E-state index in [0.29, 0.717) is 11.7 Å². The first-order chi connectivity index (χ1) is 10.6. The summed E-state index contributed by atoms with van der Waals surface area (Å²) in [5.74, 6) is 0.137. The molecule has 0 fully saturated rings. The van der Waals surface area contributed by atoms with Gasteiger partial charge in [-0.15, -0.1) is 0 Å². The molecule has 0 aromatic carbocycles. The summed E-state index contributed by atoms with van der Waals surface area (Å²) in [5, 5.41) is 2.18. The van der Waals surface area contributed by atoms with Crippen LogP contribution in [0.5, 0.6) is 0 Å². The van der Waals surface area contributed by atoms with Crippen LogP contribution in [0.15, 0.2) is 24.5 Å². The monoisotopic (exact) mass is 333 g/mol. The smallest absolute Gasteiger partial charge is 0.228 e. The highest BCUT2D eigenvalue weighted by Crippen LogP contribution is 2.29. The summed E-state index contributed by atoms with van der Waals surface area (Å²) < 4.78 is 0. The van der Waals surface area contributed by atoms with Crippen LogP contribution in [-0.4, -0.2) is 41.7 Å². The molecule has 1 unspecified atom stereocenters. The fourth-order valence-electron chi connectivity index (χ4n) is 2.03. The Bertz CT molecular complexity index is 633. The summed E-state index contributed by atoms with van der Waals surface area (Å²) in [6.45, 7) is 4.14. The number of hydrogen-bond acceptors (Lipinski definition) is 5. The second-order valence-electron chi connectivity index (χ2n) is 5.07. The Morgan fingerprint density at radius 2 is 2.32 bits per heavy atom. The molecule has 7 heteroatoms. The standard InChI is InChI=1S/C15H20BN3OS2/c1-10(21-4)8-12(20)19(3)15-13(16-2)18-14(22-15)11-6-5-7-17-9-11/h5-7,9-10,16H,8H2,1-4H3. The number of aromatic nitrogens is 2. The van der Waals surface area contributed by atoms with Crippen molar-refractivity contribution in [2.24, 2.45) is 0 Å². The van der Waals surface area contributed by atoms with Gasteiger partial charge in [0.1, 0.15) is 10.0 Å². The zero-order chi connectivity index (χ0) is 16.1. The number of anilines is 1. The van der Waals surface area contributed by atoms with Gasteiger partial charge in [-0.05, 0) is 18.4 Å². The van der Waals surface area contributed by atoms with E-state index in [1.165, 1.54) is 0 Å². The van der Waals surface area contributed by atoms with Gasteiger partial charge in [-0.3, -0.25) is 9.78 Å². The molecule has 2 heterocycles. The predicted octanol–water partition coefficient (Wildman–Crippen LogP) is 2.42. The van der Waals surface area contributed by atoms with Crippen molar-refractivity contribution in [3.8, 4) is 10.6 Å². The van der Waals surface area contributed by atoms with Crippen LogP contribution in [-0.2, 0) is 4.79 Å². The molecule has 0 aliphatic rings. The van der Waals surface area contributed by atoms with E-state index in [4.69, 9.17) is 0 Å². The largest absolute Gasteiger partial charge is 0.306 e. The van der Waals surface area contributed by atoms with Crippen molar-refractivity contribution in [1.29, 1.82) is 0 Å². The van der Waals surface area contributed by atoms with Gasteiger partial charge in [0, 0.05) is 42.3 Å². The average molecular weight is 333 g/mol. The van der Waals surface area contributed by atoms with Crippen LogP contribution < -0.4 is 10.5 Å². The third-order valence-electron chi connectivity index (χ3n) is 3.46. The van der Waals surface area contributed by atoms with Crippen LogP contribution >= 0.6 is 23.1 Å². The molecule has 1 atom stereocenters. The third-order valence-corrected chi connectivity index (χ3v) is 5.66. The SMILES string of the molecule is CBc1nc(-c2cccnc2)sc1N(C)C(=O)CC(C)SC. The van der Waals surface area contributed by atoms with E-state index in [2.05, 4.69) is 23.7 Å². The lowest BCUT2D eigenvalue weighted by Crippen LogP contribution is -2.32. The minimum Gasteiger partial charge on any atom is -0.306 e. The van der Waals surface area contributed by atoms with Crippen LogP contribution in [0.1, 0.15) is 13.3 Å². The lowest BCUT2D eigenvalue weighted by atomic mass is 9.78. The van der Waals surface area contributed by atoms with Gasteiger partial charge in [0.25, 0.3) is 0 Å². The number of thiazole rings is 1. The van der Waals surface area contributed by atoms with Crippen LogP contribution in [0.2, 0.25) is 6.82 Å². The molecule has 0 bridgehead atoms. The van der Waals surface area contributed by atoms with Crippen molar-refractivity contribution in [2.75, 3.05) is 18.2 Å². The summed E-state index contributed by atoms with van der Waals surface area (Å²) in [6.07, 6.45) is 6.13. The van der Waals surface area contributed by atoms with Crippen LogP contribution in [0.3, 0.4) is 0 Å². The zero-order valence-corrected chi connectivity index (χ0v) is 15.0. The van der Waals surface area contributed by atoms with E-state index >= 15 is 0 Å². The summed E-state index contributed by atoms with van der Waals surface area (Å²) in [6, 6.07) is 3.89. The van der Waals surface area contributed by atoms with E-state index in [9.17, 15) is 4.79 Å². The van der Waals surface area contributed by atoms with Gasteiger partial charge in [0.15, 0.2) is 7.28 Å². The topological polar surface area (TPSA) is 46.1 Å². The van der Waals surface area contributed by atoms with E-state index in [1.807, 2.05) is 25.4 Å². The minimum atomic E-state index is 0.137. The summed E-state index contributed by atoms with van der Waals surface area (Å²) >= 11 is 3.27. The number of thioether (sulfide) groups is 1. The fourth-order valence-corrected chi connectivity index (χ4v) is 3.46. The number of hydrogen-bond donors (Lipinski definition) is 0. The van der Waals surface area contributed by atoms with Gasteiger partial charge in [-0.2, -0.15) is 11.8 Å². The number of pyridine rings is 1. The van der Waals surface area contributed by atoms with Crippen LogP contribution in [0.4, 0.5) is 5.00 Å². The Kier molecular flexibility index (Phi) is 6.02. The fraction of sp³-hybridized carbons (Fsp3) is 0.400. The van der Waals surface area contributed by atoms with Gasteiger partial charge in [-0.25, -0.2) is 4.98 Å². The van der Waals surface area contributed by atoms with Gasteiger partial charge >= 0.3 is 0 Å². The maximum absolute atomic E-state index is 12.4. The van der Waals surface area contributed by atoms with Crippen molar-refractivity contribution in [2.45, 2.75) is 25.4 Å². The van der Waals surface area contributed by atoms with Crippen molar-refractivity contribution in [3.63, 3.8) is 0 Å². The molecule has 4 nitrogen and oxygen atoms in total. The van der Waals surface area contributed by atoms with Crippen molar-refractivity contribution in [1.82, 2.24) is 9.97 Å². The lowest BCUT2D eigenvalue weighted by molar-refractivity contribution is -0.118. The molecule has 116 valence electrons. The number of carbonyl (C=O) groups excluding carboxylic acids is 1. The number of amides is 1. The highest BCUT2D eigenvalue weighted by Gasteiger charge is 2.20. The van der Waals surface area contributed by atoms with Crippen molar-refractivity contribution >= 4 is 46.9 Å². The summed E-state index contributed by atoms with van der Waals surface area (Å²) in [7, 11) is 2.65. The Hall–Kier alpha value is -1.34. The molecule has 0 saturated heterocycles. The van der Waals surface area contributed by atoms with Crippen LogP contribution in [0.25, 0.3) is 10.6 Å². The van der Waals surface area contributed by atoms with Gasteiger partial charge in [0.2, 0.25) is 5.91 Å². The number of rotatable bonds is 6. The van der Waals surface area contributed by atoms with Gasteiger partial charge in [0.05, 0.1) is 0 Å². The zero-order valence-electron chi connectivity index (χ0n) is 13.4. The minimum absolute atomic E-state index is 0.137. The number of carbonyl (C=O) groups is 1. The van der Waals surface area contributed by atoms with Gasteiger partial charge < -0.3 is 4.90 Å². The highest BCUT2D eigenvalue weighted by atomic mass is 32.2. The maximum atomic E-state index is 12.4. The Morgan fingerprint density at radius 1 is 1.55 bits per heavy atom. The molecule has 0 saturated carbocycles. The molecule has 2 aromatic heterocycles. The van der Waals surface area contributed by atoms with E-state index in [-0.39, 0.29) is 5.91 Å². The van der Waals surface area contributed by atoms with E-state index < -0.39 is 0 Å². The first-order valence-electron chi connectivity index (χ1n) is 7.26. The first-order valence-corrected chi connectivity index (χ1v) is 9.36. The molecular weight excluding hydrogens is 313 g/mol. The Morgan fingerprint density at radius 3 is 2.91 bits per heavy atom.